The number of nitrogens with zero attached hydrogens (tertiary/aromatic N) is 2. The van der Waals surface area contributed by atoms with Gasteiger partial charge >= 0.3 is 0 Å². The molecule has 0 aliphatic carbocycles. The minimum atomic E-state index is -0.129. The van der Waals surface area contributed by atoms with Gasteiger partial charge in [0.15, 0.2) is 6.39 Å². The molecule has 0 spiro atoms. The number of carbonyl (C=O) groups is 1. The molecule has 0 saturated carbocycles. The van der Waals surface area contributed by atoms with Crippen LogP contribution in [0.15, 0.2) is 10.8 Å². The van der Waals surface area contributed by atoms with Crippen molar-refractivity contribution >= 4 is 5.91 Å². The highest BCUT2D eigenvalue weighted by atomic mass is 16.3. The van der Waals surface area contributed by atoms with Crippen molar-refractivity contribution in [3.05, 3.63) is 17.8 Å². The average Bonchev–Trinajstić information content (AvgIpc) is 2.59. The molecule has 0 fully saturated rings. The van der Waals surface area contributed by atoms with Crippen molar-refractivity contribution in [3.8, 4) is 0 Å². The molecule has 0 unspecified atom stereocenters. The van der Waals surface area contributed by atoms with Crippen molar-refractivity contribution in [2.24, 2.45) is 0 Å². The number of nitrogens with one attached hydrogen (secondary N) is 1. The first kappa shape index (κ1) is 10.7. The SMILES string of the molecule is CNCCN(C)C(=O)c1ocnc1C. The topological polar surface area (TPSA) is 58.4 Å². The molecule has 5 heteroatoms. The zero-order valence-electron chi connectivity index (χ0n) is 8.70. The fraction of sp³-hybridized carbons (Fsp3) is 0.556. The van der Waals surface area contributed by atoms with E-state index in [2.05, 4.69) is 10.3 Å². The Morgan fingerprint density at radius 1 is 1.71 bits per heavy atom. The molecule has 0 aromatic carbocycles. The molecule has 1 aromatic heterocycles. The van der Waals surface area contributed by atoms with Crippen LogP contribution in [0.5, 0.6) is 0 Å². The highest BCUT2D eigenvalue weighted by molar-refractivity contribution is 5.92. The Morgan fingerprint density at radius 3 is 2.93 bits per heavy atom. The monoisotopic (exact) mass is 197 g/mol. The van der Waals surface area contributed by atoms with E-state index in [-0.39, 0.29) is 5.91 Å². The third kappa shape index (κ3) is 2.32. The molecule has 0 saturated heterocycles. The number of hydrogen-bond donors (Lipinski definition) is 1. The zero-order valence-corrected chi connectivity index (χ0v) is 8.70. The summed E-state index contributed by atoms with van der Waals surface area (Å²) in [6.07, 6.45) is 1.29. The fourth-order valence-corrected chi connectivity index (χ4v) is 1.06. The number of aryl methyl sites for hydroxylation is 1. The normalized spacial score (nSPS) is 10.2. The third-order valence-electron chi connectivity index (χ3n) is 1.98. The van der Waals surface area contributed by atoms with E-state index < -0.39 is 0 Å². The lowest BCUT2D eigenvalue weighted by molar-refractivity contribution is 0.0764. The first-order chi connectivity index (χ1) is 6.66. The van der Waals surface area contributed by atoms with Crippen LogP contribution in [0.4, 0.5) is 0 Å². The van der Waals surface area contributed by atoms with Gasteiger partial charge in [-0.1, -0.05) is 0 Å². The Balaban J connectivity index is 2.61. The van der Waals surface area contributed by atoms with E-state index in [1.165, 1.54) is 6.39 Å². The summed E-state index contributed by atoms with van der Waals surface area (Å²) in [5.41, 5.74) is 0.631. The lowest BCUT2D eigenvalue weighted by Crippen LogP contribution is -2.32. The molecule has 5 nitrogen and oxygen atoms in total. The van der Waals surface area contributed by atoms with Gasteiger partial charge in [-0.15, -0.1) is 0 Å². The number of aromatic nitrogens is 1. The van der Waals surface area contributed by atoms with E-state index in [9.17, 15) is 4.79 Å². The van der Waals surface area contributed by atoms with Crippen molar-refractivity contribution in [3.63, 3.8) is 0 Å². The van der Waals surface area contributed by atoms with Gasteiger partial charge in [0.25, 0.3) is 5.91 Å². The van der Waals surface area contributed by atoms with Crippen molar-refractivity contribution < 1.29 is 9.21 Å². The van der Waals surface area contributed by atoms with Gasteiger partial charge in [-0.25, -0.2) is 4.98 Å². The van der Waals surface area contributed by atoms with E-state index in [1.807, 2.05) is 7.05 Å². The summed E-state index contributed by atoms with van der Waals surface area (Å²) in [6.45, 7) is 3.16. The highest BCUT2D eigenvalue weighted by Crippen LogP contribution is 2.07. The maximum absolute atomic E-state index is 11.7. The Kier molecular flexibility index (Phi) is 3.64. The molecule has 1 N–H and O–H groups in total. The van der Waals surface area contributed by atoms with E-state index in [1.54, 1.807) is 18.9 Å². The van der Waals surface area contributed by atoms with Gasteiger partial charge in [0.2, 0.25) is 5.76 Å². The van der Waals surface area contributed by atoms with Crippen LogP contribution >= 0.6 is 0 Å². The molecule has 78 valence electrons. The minimum Gasteiger partial charge on any atom is -0.438 e. The van der Waals surface area contributed by atoms with Gasteiger partial charge in [0, 0.05) is 20.1 Å². The lowest BCUT2D eigenvalue weighted by Gasteiger charge is -2.15. The fourth-order valence-electron chi connectivity index (χ4n) is 1.06. The minimum absolute atomic E-state index is 0.129. The average molecular weight is 197 g/mol. The molecule has 1 aromatic rings. The lowest BCUT2D eigenvalue weighted by atomic mass is 10.3. The molecule has 0 aliphatic heterocycles. The van der Waals surface area contributed by atoms with E-state index >= 15 is 0 Å². The number of hydrogen-bond acceptors (Lipinski definition) is 4. The number of rotatable bonds is 4. The second-order valence-corrected chi connectivity index (χ2v) is 3.10. The second-order valence-electron chi connectivity index (χ2n) is 3.10. The van der Waals surface area contributed by atoms with Crippen LogP contribution in [0.1, 0.15) is 16.2 Å². The van der Waals surface area contributed by atoms with Crippen LogP contribution < -0.4 is 5.32 Å². The summed E-state index contributed by atoms with van der Waals surface area (Å²) >= 11 is 0. The number of oxazole rings is 1. The quantitative estimate of drug-likeness (QED) is 0.753. The number of amides is 1. The smallest absolute Gasteiger partial charge is 0.291 e. The molecule has 0 atom stereocenters. The van der Waals surface area contributed by atoms with Gasteiger partial charge in [-0.2, -0.15) is 0 Å². The molecule has 1 amide bonds. The predicted molar refractivity (Wildman–Crippen MR) is 52.1 cm³/mol. The molecule has 0 radical (unpaired) electrons. The summed E-state index contributed by atoms with van der Waals surface area (Å²) in [6, 6.07) is 0. The van der Waals surface area contributed by atoms with Crippen molar-refractivity contribution in [1.82, 2.24) is 15.2 Å². The molecule has 0 bridgehead atoms. The third-order valence-corrected chi connectivity index (χ3v) is 1.98. The molecule has 1 heterocycles. The number of carbonyl (C=O) groups excluding carboxylic acids is 1. The van der Waals surface area contributed by atoms with Crippen LogP contribution in [-0.2, 0) is 0 Å². The Hall–Kier alpha value is -1.36. The van der Waals surface area contributed by atoms with Crippen LogP contribution in [0.3, 0.4) is 0 Å². The van der Waals surface area contributed by atoms with E-state index in [4.69, 9.17) is 4.42 Å². The summed E-state index contributed by atoms with van der Waals surface area (Å²) < 4.78 is 5.00. The van der Waals surface area contributed by atoms with Crippen LogP contribution in [0.25, 0.3) is 0 Å². The molecular formula is C9H15N3O2. The van der Waals surface area contributed by atoms with Gasteiger partial charge < -0.3 is 14.6 Å². The maximum atomic E-state index is 11.7. The van der Waals surface area contributed by atoms with Crippen molar-refractivity contribution in [2.45, 2.75) is 6.92 Å². The van der Waals surface area contributed by atoms with Crippen molar-refractivity contribution in [1.29, 1.82) is 0 Å². The maximum Gasteiger partial charge on any atom is 0.291 e. The van der Waals surface area contributed by atoms with Crippen molar-refractivity contribution in [2.75, 3.05) is 27.2 Å². The van der Waals surface area contributed by atoms with Gasteiger partial charge in [0.1, 0.15) is 0 Å². The highest BCUT2D eigenvalue weighted by Gasteiger charge is 2.17. The van der Waals surface area contributed by atoms with Crippen LogP contribution in [0, 0.1) is 6.92 Å². The Labute approximate surface area is 83.1 Å². The van der Waals surface area contributed by atoms with E-state index in [0.29, 0.717) is 18.0 Å². The van der Waals surface area contributed by atoms with Gasteiger partial charge in [-0.3, -0.25) is 4.79 Å². The van der Waals surface area contributed by atoms with Gasteiger partial charge in [-0.05, 0) is 14.0 Å². The Bertz CT molecular complexity index is 309. The van der Waals surface area contributed by atoms with Crippen LogP contribution in [0.2, 0.25) is 0 Å². The molecular weight excluding hydrogens is 182 g/mol. The molecule has 1 rings (SSSR count). The standard InChI is InChI=1S/C9H15N3O2/c1-7-8(14-6-11-7)9(13)12(3)5-4-10-2/h6,10H,4-5H2,1-3H3. The van der Waals surface area contributed by atoms with E-state index in [0.717, 1.165) is 6.54 Å². The largest absolute Gasteiger partial charge is 0.438 e. The zero-order chi connectivity index (χ0) is 10.6. The predicted octanol–water partition coefficient (Wildman–Crippen LogP) is 0.274. The van der Waals surface area contributed by atoms with Gasteiger partial charge in [0.05, 0.1) is 5.69 Å². The first-order valence-corrected chi connectivity index (χ1v) is 4.47. The summed E-state index contributed by atoms with van der Waals surface area (Å²) in [7, 11) is 3.58. The molecule has 14 heavy (non-hydrogen) atoms. The number of likely N-dealkylation sites (N-methyl/N-ethyl adjacent to an activating group) is 2. The molecule has 0 aliphatic rings. The first-order valence-electron chi connectivity index (χ1n) is 4.47. The summed E-state index contributed by atoms with van der Waals surface area (Å²) in [5.74, 6) is 0.193. The summed E-state index contributed by atoms with van der Waals surface area (Å²) in [4.78, 5) is 17.2. The van der Waals surface area contributed by atoms with Crippen LogP contribution in [-0.4, -0.2) is 43.0 Å². The Morgan fingerprint density at radius 2 is 2.43 bits per heavy atom. The summed E-state index contributed by atoms with van der Waals surface area (Å²) in [5, 5.41) is 2.97. The second kappa shape index (κ2) is 4.76.